The van der Waals surface area contributed by atoms with Gasteiger partial charge in [-0.15, -0.1) is 8.39 Å². The molecule has 0 amide bonds. The van der Waals surface area contributed by atoms with Gasteiger partial charge in [0.15, 0.2) is 0 Å². The molecular weight excluding hydrogens is 536 g/mol. The van der Waals surface area contributed by atoms with Crippen LogP contribution >= 0.6 is 17.4 Å². The summed E-state index contributed by atoms with van der Waals surface area (Å²) in [7, 11) is -6.42. The first-order chi connectivity index (χ1) is 17.3. The van der Waals surface area contributed by atoms with Gasteiger partial charge in [-0.1, -0.05) is 121 Å². The largest absolute Gasteiger partial charge is 0.436 e. The summed E-state index contributed by atoms with van der Waals surface area (Å²) in [5.74, 6) is 0.542. The minimum absolute atomic E-state index is 0.245. The normalized spacial score (nSPS) is 15.2. The summed E-state index contributed by atoms with van der Waals surface area (Å²) in [6.45, 7) is 28.7. The van der Waals surface area contributed by atoms with Crippen molar-refractivity contribution in [3.63, 3.8) is 0 Å². The van der Waals surface area contributed by atoms with Gasteiger partial charge in [-0.25, -0.2) is 0 Å². The molecule has 2 rings (SSSR count). The summed E-state index contributed by atoms with van der Waals surface area (Å²) in [6, 6.07) is 8.02. The van der Waals surface area contributed by atoms with Gasteiger partial charge in [0.1, 0.15) is 11.5 Å². The molecule has 0 fully saturated rings. The van der Waals surface area contributed by atoms with Crippen molar-refractivity contribution in [2.75, 3.05) is 0 Å². The van der Waals surface area contributed by atoms with E-state index in [0.717, 1.165) is 22.3 Å². The fourth-order valence-electron chi connectivity index (χ4n) is 4.66. The minimum Gasteiger partial charge on any atom is -0.423 e. The van der Waals surface area contributed by atoms with E-state index >= 15 is 0 Å². The summed E-state index contributed by atoms with van der Waals surface area (Å²) in [5, 5.41) is 0. The van der Waals surface area contributed by atoms with Crippen LogP contribution in [0.1, 0.15) is 130 Å². The van der Waals surface area contributed by atoms with E-state index in [-0.39, 0.29) is 22.3 Å². The van der Waals surface area contributed by atoms with Crippen molar-refractivity contribution in [3.05, 3.63) is 57.6 Å². The lowest BCUT2D eigenvalue weighted by Crippen LogP contribution is -2.27. The molecule has 2 aromatic carbocycles. The van der Waals surface area contributed by atoms with E-state index in [1.807, 2.05) is 79.7 Å². The van der Waals surface area contributed by atoms with Crippen molar-refractivity contribution < 1.29 is 27.2 Å². The molecular formula is C31H48F2O4P2. The third-order valence-electron chi connectivity index (χ3n) is 7.21. The molecule has 0 aromatic heterocycles. The second-order valence-corrected chi connectivity index (χ2v) is 16.3. The zero-order valence-corrected chi connectivity index (χ0v) is 28.0. The highest BCUT2D eigenvalue weighted by atomic mass is 31.2. The van der Waals surface area contributed by atoms with Gasteiger partial charge in [0, 0.05) is 27.7 Å². The standard InChI is InChI=1S/C31H48F2O4P2/c1-27(2,3)19-15-21(29(7,8)9)25(36-38(32)34)23(17-19)31(13,14)24-18-20(28(4,5)6)16-22(30(10,11)12)26(24)37-39(33)35/h15-18,34-35H,1-14H3. The molecule has 0 aliphatic heterocycles. The maximum absolute atomic E-state index is 14.2. The number of halogens is 2. The molecule has 0 aliphatic rings. The lowest BCUT2D eigenvalue weighted by molar-refractivity contribution is 0.406. The van der Waals surface area contributed by atoms with Gasteiger partial charge < -0.3 is 18.8 Å². The summed E-state index contributed by atoms with van der Waals surface area (Å²) >= 11 is 0. The second kappa shape index (κ2) is 11.2. The molecule has 0 heterocycles. The first kappa shape index (κ1) is 33.9. The molecule has 2 atom stereocenters. The Balaban J connectivity index is 3.20. The molecule has 4 nitrogen and oxygen atoms in total. The third kappa shape index (κ3) is 7.91. The second-order valence-electron chi connectivity index (χ2n) is 15.1. The zero-order valence-electron chi connectivity index (χ0n) is 26.2. The smallest absolute Gasteiger partial charge is 0.423 e. The van der Waals surface area contributed by atoms with E-state index in [2.05, 4.69) is 41.5 Å². The predicted molar refractivity (Wildman–Crippen MR) is 162 cm³/mol. The SMILES string of the molecule is CC(C)(C)c1cc(C(C)(C)C)c(OP(O)F)c(C(C)(C)c2cc(C(C)(C)C)cc(C(C)(C)C)c2OP(O)F)c1. The van der Waals surface area contributed by atoms with Crippen LogP contribution in [0.4, 0.5) is 8.39 Å². The van der Waals surface area contributed by atoms with Gasteiger partial charge in [0.05, 0.1) is 0 Å². The molecule has 0 saturated carbocycles. The molecule has 0 radical (unpaired) electrons. The average molecular weight is 585 g/mol. The molecule has 220 valence electrons. The lowest BCUT2D eigenvalue weighted by Gasteiger charge is -2.37. The highest BCUT2D eigenvalue weighted by molar-refractivity contribution is 7.40. The van der Waals surface area contributed by atoms with E-state index < -0.39 is 33.6 Å². The van der Waals surface area contributed by atoms with Crippen LogP contribution < -0.4 is 9.05 Å². The van der Waals surface area contributed by atoms with Crippen LogP contribution in [0.15, 0.2) is 24.3 Å². The summed E-state index contributed by atoms with van der Waals surface area (Å²) in [4.78, 5) is 19.7. The molecule has 2 unspecified atom stereocenters. The van der Waals surface area contributed by atoms with Gasteiger partial charge in [-0.2, -0.15) is 0 Å². The molecule has 0 spiro atoms. The van der Waals surface area contributed by atoms with Gasteiger partial charge >= 0.3 is 17.4 Å². The topological polar surface area (TPSA) is 58.9 Å². The molecule has 39 heavy (non-hydrogen) atoms. The highest BCUT2D eigenvalue weighted by Crippen LogP contribution is 2.54. The Morgan fingerprint density at radius 1 is 0.487 bits per heavy atom. The number of rotatable bonds is 6. The van der Waals surface area contributed by atoms with Crippen molar-refractivity contribution in [2.45, 2.75) is 124 Å². The Morgan fingerprint density at radius 2 is 0.744 bits per heavy atom. The molecule has 8 heteroatoms. The Kier molecular flexibility index (Phi) is 9.70. The van der Waals surface area contributed by atoms with Crippen molar-refractivity contribution in [3.8, 4) is 11.5 Å². The number of hydrogen-bond acceptors (Lipinski definition) is 4. The van der Waals surface area contributed by atoms with E-state index in [1.54, 1.807) is 0 Å². The maximum atomic E-state index is 14.2. The Labute approximate surface area is 237 Å². The molecule has 0 bridgehead atoms. The van der Waals surface area contributed by atoms with E-state index in [0.29, 0.717) is 11.1 Å². The fourth-order valence-corrected chi connectivity index (χ4v) is 5.35. The summed E-state index contributed by atoms with van der Waals surface area (Å²) < 4.78 is 39.7. The Hall–Kier alpha value is -1.32. The van der Waals surface area contributed by atoms with Crippen LogP contribution in [0, 0.1) is 0 Å². The average Bonchev–Trinajstić information content (AvgIpc) is 2.69. The van der Waals surface area contributed by atoms with E-state index in [1.165, 1.54) is 0 Å². The van der Waals surface area contributed by atoms with Crippen molar-refractivity contribution >= 4 is 17.4 Å². The van der Waals surface area contributed by atoms with Gasteiger partial charge in [0.25, 0.3) is 0 Å². The first-order valence-corrected chi connectivity index (χ1v) is 15.5. The molecule has 0 saturated heterocycles. The molecule has 2 N–H and O–H groups in total. The van der Waals surface area contributed by atoms with Crippen molar-refractivity contribution in [1.82, 2.24) is 0 Å². The first-order valence-electron chi connectivity index (χ1n) is 13.3. The van der Waals surface area contributed by atoms with Crippen LogP contribution in [-0.2, 0) is 27.1 Å². The minimum atomic E-state index is -3.21. The van der Waals surface area contributed by atoms with Gasteiger partial charge in [-0.3, -0.25) is 0 Å². The molecule has 2 aromatic rings. The van der Waals surface area contributed by atoms with Crippen LogP contribution in [0.25, 0.3) is 0 Å². The number of hydrogen-bond donors (Lipinski definition) is 2. The zero-order chi connectivity index (χ0) is 30.5. The van der Waals surface area contributed by atoms with Crippen molar-refractivity contribution in [2.24, 2.45) is 0 Å². The van der Waals surface area contributed by atoms with Gasteiger partial charge in [-0.05, 0) is 32.8 Å². The molecule has 0 aliphatic carbocycles. The van der Waals surface area contributed by atoms with Crippen LogP contribution in [0.5, 0.6) is 11.5 Å². The third-order valence-corrected chi connectivity index (χ3v) is 7.87. The van der Waals surface area contributed by atoms with E-state index in [9.17, 15) is 18.2 Å². The monoisotopic (exact) mass is 584 g/mol. The highest BCUT2D eigenvalue weighted by Gasteiger charge is 2.39. The Morgan fingerprint density at radius 3 is 0.949 bits per heavy atom. The predicted octanol–water partition coefficient (Wildman–Crippen LogP) is 10.3. The van der Waals surface area contributed by atoms with Crippen molar-refractivity contribution in [1.29, 1.82) is 0 Å². The fraction of sp³-hybridized carbons (Fsp3) is 0.613. The van der Waals surface area contributed by atoms with Crippen LogP contribution in [-0.4, -0.2) is 9.79 Å². The van der Waals surface area contributed by atoms with Gasteiger partial charge in [0.2, 0.25) is 0 Å². The summed E-state index contributed by atoms with van der Waals surface area (Å²) in [5.41, 5.74) is 2.58. The van der Waals surface area contributed by atoms with E-state index in [4.69, 9.17) is 9.05 Å². The number of benzene rings is 2. The van der Waals surface area contributed by atoms with Crippen LogP contribution in [0.3, 0.4) is 0 Å². The Bertz CT molecular complexity index is 1090. The lowest BCUT2D eigenvalue weighted by atomic mass is 9.69. The maximum Gasteiger partial charge on any atom is 0.436 e. The van der Waals surface area contributed by atoms with Crippen LogP contribution in [0.2, 0.25) is 0 Å². The quantitative estimate of drug-likeness (QED) is 0.332. The summed E-state index contributed by atoms with van der Waals surface area (Å²) in [6.07, 6.45) is 0.